The number of amides is 1. The zero-order valence-corrected chi connectivity index (χ0v) is 15.8. The fraction of sp³-hybridized carbons (Fsp3) is 0.278. The molecule has 7 heteroatoms. The number of anilines is 1. The second-order valence-corrected chi connectivity index (χ2v) is 8.53. The van der Waals surface area contributed by atoms with Crippen molar-refractivity contribution in [1.29, 1.82) is 0 Å². The molecule has 0 bridgehead atoms. The topological polar surface area (TPSA) is 63.2 Å². The highest BCUT2D eigenvalue weighted by molar-refractivity contribution is 7.91. The number of nitrogens with one attached hydrogen (secondary N) is 1. The van der Waals surface area contributed by atoms with Crippen LogP contribution >= 0.6 is 11.6 Å². The van der Waals surface area contributed by atoms with Crippen LogP contribution in [0.2, 0.25) is 5.02 Å². The van der Waals surface area contributed by atoms with E-state index >= 15 is 0 Å². The number of carbonyl (C=O) groups excluding carboxylic acids is 1. The van der Waals surface area contributed by atoms with Crippen LogP contribution in [0.5, 0.6) is 0 Å². The first kappa shape index (κ1) is 19.4. The Balaban J connectivity index is 2.15. The van der Waals surface area contributed by atoms with E-state index in [-0.39, 0.29) is 10.6 Å². The highest BCUT2D eigenvalue weighted by atomic mass is 35.5. The predicted molar refractivity (Wildman–Crippen MR) is 98.2 cm³/mol. The molecule has 0 saturated carbocycles. The van der Waals surface area contributed by atoms with E-state index in [9.17, 15) is 17.6 Å². The van der Waals surface area contributed by atoms with E-state index in [1.165, 1.54) is 12.1 Å². The van der Waals surface area contributed by atoms with Crippen molar-refractivity contribution in [2.75, 3.05) is 11.1 Å². The normalized spacial score (nSPS) is 11.4. The Bertz CT molecular complexity index is 883. The molecule has 0 heterocycles. The van der Waals surface area contributed by atoms with Gasteiger partial charge in [-0.3, -0.25) is 4.79 Å². The molecule has 1 amide bonds. The van der Waals surface area contributed by atoms with Gasteiger partial charge in [0.25, 0.3) is 0 Å². The van der Waals surface area contributed by atoms with Gasteiger partial charge in [-0.2, -0.15) is 0 Å². The summed E-state index contributed by atoms with van der Waals surface area (Å²) in [5, 5.41) is 2.65. The second-order valence-electron chi connectivity index (χ2n) is 6.05. The van der Waals surface area contributed by atoms with E-state index in [1.807, 2.05) is 32.9 Å². The Morgan fingerprint density at radius 2 is 1.76 bits per heavy atom. The van der Waals surface area contributed by atoms with E-state index in [1.54, 1.807) is 0 Å². The Hall–Kier alpha value is -1.92. The molecular weight excluding hydrogens is 365 g/mol. The van der Waals surface area contributed by atoms with Crippen LogP contribution < -0.4 is 5.32 Å². The molecule has 0 saturated heterocycles. The first-order valence-corrected chi connectivity index (χ1v) is 9.80. The maximum absolute atomic E-state index is 13.8. The highest BCUT2D eigenvalue weighted by Gasteiger charge is 2.22. The summed E-state index contributed by atoms with van der Waals surface area (Å²) in [4.78, 5) is 12.2. The van der Waals surface area contributed by atoms with Crippen LogP contribution in [-0.4, -0.2) is 20.1 Å². The van der Waals surface area contributed by atoms with Gasteiger partial charge in [0.1, 0.15) is 11.6 Å². The van der Waals surface area contributed by atoms with Gasteiger partial charge in [-0.1, -0.05) is 35.4 Å². The highest BCUT2D eigenvalue weighted by Crippen LogP contribution is 2.23. The number of hydrogen-bond acceptors (Lipinski definition) is 3. The summed E-state index contributed by atoms with van der Waals surface area (Å²) in [7, 11) is -3.87. The van der Waals surface area contributed by atoms with Crippen LogP contribution in [0.25, 0.3) is 0 Å². The van der Waals surface area contributed by atoms with Gasteiger partial charge in [0, 0.05) is 16.3 Å². The standard InChI is InChI=1S/C18H19ClFNO3S/c1-11-7-12(2)18(13(3)8-11)21-17(22)10-25(23,24)9-14-15(19)5-4-6-16(14)20/h4-8H,9-10H2,1-3H3,(H,21,22). The molecule has 1 N–H and O–H groups in total. The van der Waals surface area contributed by atoms with E-state index in [2.05, 4.69) is 5.32 Å². The number of hydrogen-bond donors (Lipinski definition) is 1. The average Bonchev–Trinajstić information content (AvgIpc) is 2.46. The molecular formula is C18H19ClFNO3S. The molecule has 2 aromatic rings. The summed E-state index contributed by atoms with van der Waals surface area (Å²) in [6.45, 7) is 5.61. The fourth-order valence-corrected chi connectivity index (χ4v) is 4.31. The van der Waals surface area contributed by atoms with E-state index in [4.69, 9.17) is 11.6 Å². The summed E-state index contributed by atoms with van der Waals surface area (Å²) in [6.07, 6.45) is 0. The zero-order chi connectivity index (χ0) is 18.8. The number of carbonyl (C=O) groups is 1. The van der Waals surface area contributed by atoms with Gasteiger partial charge in [0.15, 0.2) is 9.84 Å². The molecule has 0 aromatic heterocycles. The van der Waals surface area contributed by atoms with Gasteiger partial charge in [0.2, 0.25) is 5.91 Å². The quantitative estimate of drug-likeness (QED) is 0.850. The Labute approximate surface area is 151 Å². The van der Waals surface area contributed by atoms with Crippen LogP contribution in [0.4, 0.5) is 10.1 Å². The molecule has 134 valence electrons. The lowest BCUT2D eigenvalue weighted by Crippen LogP contribution is -2.25. The Kier molecular flexibility index (Phi) is 5.85. The van der Waals surface area contributed by atoms with E-state index in [0.717, 1.165) is 22.8 Å². The van der Waals surface area contributed by atoms with Crippen molar-refractivity contribution < 1.29 is 17.6 Å². The van der Waals surface area contributed by atoms with Gasteiger partial charge < -0.3 is 5.32 Å². The number of rotatable bonds is 5. The monoisotopic (exact) mass is 383 g/mol. The fourth-order valence-electron chi connectivity index (χ4n) is 2.69. The van der Waals surface area contributed by atoms with Crippen LogP contribution in [0.1, 0.15) is 22.3 Å². The molecule has 0 unspecified atom stereocenters. The van der Waals surface area contributed by atoms with Crippen LogP contribution in [0, 0.1) is 26.6 Å². The van der Waals surface area contributed by atoms with Crippen molar-refractivity contribution in [1.82, 2.24) is 0 Å². The molecule has 2 aromatic carbocycles. The maximum Gasteiger partial charge on any atom is 0.239 e. The summed E-state index contributed by atoms with van der Waals surface area (Å²) < 4.78 is 38.2. The van der Waals surface area contributed by atoms with Gasteiger partial charge >= 0.3 is 0 Å². The third-order valence-electron chi connectivity index (χ3n) is 3.72. The molecule has 0 radical (unpaired) electrons. The van der Waals surface area contributed by atoms with Crippen LogP contribution in [0.15, 0.2) is 30.3 Å². The van der Waals surface area contributed by atoms with Crippen molar-refractivity contribution in [3.05, 3.63) is 63.4 Å². The number of benzene rings is 2. The van der Waals surface area contributed by atoms with Gasteiger partial charge in [-0.05, 0) is 44.0 Å². The number of aryl methyl sites for hydroxylation is 3. The lowest BCUT2D eigenvalue weighted by atomic mass is 10.1. The van der Waals surface area contributed by atoms with Crippen LogP contribution in [0.3, 0.4) is 0 Å². The van der Waals surface area contributed by atoms with Crippen molar-refractivity contribution in [2.45, 2.75) is 26.5 Å². The van der Waals surface area contributed by atoms with E-state index in [0.29, 0.717) is 5.69 Å². The molecule has 0 aliphatic rings. The minimum Gasteiger partial charge on any atom is -0.325 e. The van der Waals surface area contributed by atoms with Crippen molar-refractivity contribution in [3.8, 4) is 0 Å². The molecule has 0 fully saturated rings. The smallest absolute Gasteiger partial charge is 0.239 e. The summed E-state index contributed by atoms with van der Waals surface area (Å²) >= 11 is 5.85. The minimum absolute atomic E-state index is 0.0224. The molecule has 0 spiro atoms. The lowest BCUT2D eigenvalue weighted by molar-refractivity contribution is -0.113. The third kappa shape index (κ3) is 5.03. The largest absolute Gasteiger partial charge is 0.325 e. The molecule has 0 atom stereocenters. The second kappa shape index (κ2) is 7.54. The molecule has 0 aliphatic heterocycles. The Morgan fingerprint density at radius 3 is 2.32 bits per heavy atom. The predicted octanol–water partition coefficient (Wildman–Crippen LogP) is 3.96. The van der Waals surface area contributed by atoms with Crippen molar-refractivity contribution in [3.63, 3.8) is 0 Å². The summed E-state index contributed by atoms with van der Waals surface area (Å²) in [5.74, 6) is -2.74. The SMILES string of the molecule is Cc1cc(C)c(NC(=O)CS(=O)(=O)Cc2c(F)cccc2Cl)c(C)c1. The van der Waals surface area contributed by atoms with E-state index < -0.39 is 33.1 Å². The lowest BCUT2D eigenvalue weighted by Gasteiger charge is -2.13. The summed E-state index contributed by atoms with van der Waals surface area (Å²) in [5.41, 5.74) is 3.21. The van der Waals surface area contributed by atoms with Gasteiger partial charge in [-0.25, -0.2) is 12.8 Å². The van der Waals surface area contributed by atoms with Gasteiger partial charge in [0.05, 0.1) is 5.75 Å². The molecule has 4 nitrogen and oxygen atoms in total. The van der Waals surface area contributed by atoms with Crippen LogP contribution in [-0.2, 0) is 20.4 Å². The number of sulfone groups is 1. The Morgan fingerprint density at radius 1 is 1.16 bits per heavy atom. The van der Waals surface area contributed by atoms with Gasteiger partial charge in [-0.15, -0.1) is 0 Å². The van der Waals surface area contributed by atoms with Crippen molar-refractivity contribution in [2.24, 2.45) is 0 Å². The number of halogens is 2. The third-order valence-corrected chi connectivity index (χ3v) is 5.50. The maximum atomic E-state index is 13.8. The first-order chi connectivity index (χ1) is 11.6. The zero-order valence-electron chi connectivity index (χ0n) is 14.2. The average molecular weight is 384 g/mol. The molecule has 0 aliphatic carbocycles. The first-order valence-electron chi connectivity index (χ1n) is 7.60. The molecule has 2 rings (SSSR count). The summed E-state index contributed by atoms with van der Waals surface area (Å²) in [6, 6.07) is 7.74. The minimum atomic E-state index is -3.87. The molecule has 25 heavy (non-hydrogen) atoms. The van der Waals surface area contributed by atoms with Crippen molar-refractivity contribution >= 4 is 33.0 Å².